The standard InChI is InChI=1S/C17H27N3O/c1-14(18-2)16-8-10-20(11-9-16)13-17(21)19-12-15-6-4-3-5-7-15/h3-7,14,16,18H,8-13H2,1-2H3,(H,19,21). The third-order valence-electron chi connectivity index (χ3n) is 4.49. The lowest BCUT2D eigenvalue weighted by Crippen LogP contribution is -2.44. The number of carbonyl (C=O) groups excluding carboxylic acids is 1. The summed E-state index contributed by atoms with van der Waals surface area (Å²) in [5.41, 5.74) is 1.15. The van der Waals surface area contributed by atoms with Crippen LogP contribution in [0.25, 0.3) is 0 Å². The van der Waals surface area contributed by atoms with Crippen molar-refractivity contribution in [1.29, 1.82) is 0 Å². The molecule has 0 bridgehead atoms. The van der Waals surface area contributed by atoms with Gasteiger partial charge in [0.2, 0.25) is 5.91 Å². The lowest BCUT2D eigenvalue weighted by molar-refractivity contribution is -0.122. The number of benzene rings is 1. The number of piperidine rings is 1. The molecule has 4 heteroatoms. The van der Waals surface area contributed by atoms with Crippen molar-refractivity contribution < 1.29 is 4.79 Å². The van der Waals surface area contributed by atoms with Gasteiger partial charge in [0.15, 0.2) is 0 Å². The zero-order chi connectivity index (χ0) is 15.1. The lowest BCUT2D eigenvalue weighted by atomic mass is 9.90. The lowest BCUT2D eigenvalue weighted by Gasteiger charge is -2.34. The third-order valence-corrected chi connectivity index (χ3v) is 4.49. The van der Waals surface area contributed by atoms with Gasteiger partial charge in [-0.3, -0.25) is 9.69 Å². The van der Waals surface area contributed by atoms with E-state index < -0.39 is 0 Å². The molecule has 1 amide bonds. The highest BCUT2D eigenvalue weighted by atomic mass is 16.2. The molecular formula is C17H27N3O. The van der Waals surface area contributed by atoms with E-state index in [-0.39, 0.29) is 5.91 Å². The first-order chi connectivity index (χ1) is 10.2. The minimum atomic E-state index is 0.124. The fourth-order valence-electron chi connectivity index (χ4n) is 2.90. The van der Waals surface area contributed by atoms with Crippen molar-refractivity contribution in [3.05, 3.63) is 35.9 Å². The monoisotopic (exact) mass is 289 g/mol. The molecule has 1 aromatic rings. The molecule has 2 rings (SSSR count). The number of hydrogen-bond donors (Lipinski definition) is 2. The summed E-state index contributed by atoms with van der Waals surface area (Å²) in [7, 11) is 2.02. The van der Waals surface area contributed by atoms with Crippen molar-refractivity contribution in [3.63, 3.8) is 0 Å². The van der Waals surface area contributed by atoms with E-state index in [9.17, 15) is 4.79 Å². The summed E-state index contributed by atoms with van der Waals surface area (Å²) >= 11 is 0. The first-order valence-corrected chi connectivity index (χ1v) is 7.89. The van der Waals surface area contributed by atoms with Crippen LogP contribution in [0.3, 0.4) is 0 Å². The van der Waals surface area contributed by atoms with E-state index in [4.69, 9.17) is 0 Å². The van der Waals surface area contributed by atoms with Crippen molar-refractivity contribution in [3.8, 4) is 0 Å². The molecule has 1 aliphatic rings. The van der Waals surface area contributed by atoms with Gasteiger partial charge in [0.1, 0.15) is 0 Å². The second-order valence-corrected chi connectivity index (χ2v) is 5.95. The smallest absolute Gasteiger partial charge is 0.234 e. The van der Waals surface area contributed by atoms with E-state index in [0.29, 0.717) is 19.1 Å². The van der Waals surface area contributed by atoms with E-state index in [1.54, 1.807) is 0 Å². The number of rotatable bonds is 6. The fraction of sp³-hybridized carbons (Fsp3) is 0.588. The molecule has 0 aromatic heterocycles. The molecule has 1 atom stereocenters. The van der Waals surface area contributed by atoms with Gasteiger partial charge in [0.25, 0.3) is 0 Å². The van der Waals surface area contributed by atoms with Gasteiger partial charge < -0.3 is 10.6 Å². The molecule has 1 fully saturated rings. The molecule has 1 unspecified atom stereocenters. The predicted octanol–water partition coefficient (Wildman–Crippen LogP) is 1.62. The van der Waals surface area contributed by atoms with Crippen molar-refractivity contribution >= 4 is 5.91 Å². The number of nitrogens with zero attached hydrogens (tertiary/aromatic N) is 1. The summed E-state index contributed by atoms with van der Waals surface area (Å²) in [4.78, 5) is 14.3. The molecule has 1 heterocycles. The van der Waals surface area contributed by atoms with Crippen LogP contribution in [0.15, 0.2) is 30.3 Å². The Morgan fingerprint density at radius 3 is 2.57 bits per heavy atom. The zero-order valence-corrected chi connectivity index (χ0v) is 13.1. The number of amides is 1. The van der Waals surface area contributed by atoms with Gasteiger partial charge in [-0.2, -0.15) is 0 Å². The molecular weight excluding hydrogens is 262 g/mol. The Balaban J connectivity index is 1.67. The first-order valence-electron chi connectivity index (χ1n) is 7.89. The van der Waals surface area contributed by atoms with Crippen LogP contribution in [0, 0.1) is 5.92 Å². The molecule has 21 heavy (non-hydrogen) atoms. The molecule has 116 valence electrons. The van der Waals surface area contributed by atoms with Gasteiger partial charge >= 0.3 is 0 Å². The largest absolute Gasteiger partial charge is 0.351 e. The van der Waals surface area contributed by atoms with Crippen LogP contribution in [0.2, 0.25) is 0 Å². The van der Waals surface area contributed by atoms with Crippen LogP contribution >= 0.6 is 0 Å². The Labute approximate surface area is 127 Å². The van der Waals surface area contributed by atoms with Gasteiger partial charge in [-0.1, -0.05) is 30.3 Å². The molecule has 1 saturated heterocycles. The van der Waals surface area contributed by atoms with Gasteiger partial charge in [0, 0.05) is 12.6 Å². The van der Waals surface area contributed by atoms with E-state index in [1.165, 1.54) is 12.8 Å². The zero-order valence-electron chi connectivity index (χ0n) is 13.1. The minimum absolute atomic E-state index is 0.124. The Hall–Kier alpha value is -1.39. The van der Waals surface area contributed by atoms with Crippen LogP contribution < -0.4 is 10.6 Å². The van der Waals surface area contributed by atoms with Crippen LogP contribution in [-0.4, -0.2) is 43.5 Å². The van der Waals surface area contributed by atoms with Gasteiger partial charge in [-0.15, -0.1) is 0 Å². The topological polar surface area (TPSA) is 44.4 Å². The minimum Gasteiger partial charge on any atom is -0.351 e. The number of likely N-dealkylation sites (tertiary alicyclic amines) is 1. The molecule has 0 saturated carbocycles. The molecule has 1 aliphatic heterocycles. The Morgan fingerprint density at radius 1 is 1.29 bits per heavy atom. The van der Waals surface area contributed by atoms with E-state index in [0.717, 1.165) is 24.6 Å². The predicted molar refractivity (Wildman–Crippen MR) is 86.0 cm³/mol. The maximum Gasteiger partial charge on any atom is 0.234 e. The van der Waals surface area contributed by atoms with Crippen LogP contribution in [-0.2, 0) is 11.3 Å². The van der Waals surface area contributed by atoms with Crippen LogP contribution in [0.5, 0.6) is 0 Å². The molecule has 0 aliphatic carbocycles. The third kappa shape index (κ3) is 5.14. The van der Waals surface area contributed by atoms with E-state index in [1.807, 2.05) is 37.4 Å². The Kier molecular flexibility index (Phi) is 6.21. The Bertz CT molecular complexity index is 427. The van der Waals surface area contributed by atoms with Crippen molar-refractivity contribution in [2.45, 2.75) is 32.4 Å². The number of nitrogens with one attached hydrogen (secondary N) is 2. The highest BCUT2D eigenvalue weighted by Gasteiger charge is 2.23. The SMILES string of the molecule is CNC(C)C1CCN(CC(=O)NCc2ccccc2)CC1. The second kappa shape index (κ2) is 8.15. The van der Waals surface area contributed by atoms with Gasteiger partial charge in [0.05, 0.1) is 6.54 Å². The highest BCUT2D eigenvalue weighted by molar-refractivity contribution is 5.78. The second-order valence-electron chi connectivity index (χ2n) is 5.95. The maximum absolute atomic E-state index is 12.0. The van der Waals surface area contributed by atoms with Crippen molar-refractivity contribution in [1.82, 2.24) is 15.5 Å². The molecule has 1 aromatic carbocycles. The average Bonchev–Trinajstić information content (AvgIpc) is 2.54. The molecule has 4 nitrogen and oxygen atoms in total. The summed E-state index contributed by atoms with van der Waals surface area (Å²) in [6, 6.07) is 10.6. The number of carbonyl (C=O) groups is 1. The summed E-state index contributed by atoms with van der Waals surface area (Å²) in [6.07, 6.45) is 2.35. The number of hydrogen-bond acceptors (Lipinski definition) is 3. The highest BCUT2D eigenvalue weighted by Crippen LogP contribution is 2.20. The molecule has 2 N–H and O–H groups in total. The summed E-state index contributed by atoms with van der Waals surface area (Å²) < 4.78 is 0. The van der Waals surface area contributed by atoms with Gasteiger partial charge in [-0.05, 0) is 51.4 Å². The van der Waals surface area contributed by atoms with Crippen molar-refractivity contribution in [2.24, 2.45) is 5.92 Å². The Morgan fingerprint density at radius 2 is 1.95 bits per heavy atom. The summed E-state index contributed by atoms with van der Waals surface area (Å²) in [5.74, 6) is 0.859. The molecule has 0 radical (unpaired) electrons. The summed E-state index contributed by atoms with van der Waals surface area (Å²) in [6.45, 7) is 5.43. The molecule has 0 spiro atoms. The quantitative estimate of drug-likeness (QED) is 0.836. The van der Waals surface area contributed by atoms with Crippen molar-refractivity contribution in [2.75, 3.05) is 26.7 Å². The maximum atomic E-state index is 12.0. The van der Waals surface area contributed by atoms with Crippen LogP contribution in [0.4, 0.5) is 0 Å². The van der Waals surface area contributed by atoms with Gasteiger partial charge in [-0.25, -0.2) is 0 Å². The van der Waals surface area contributed by atoms with E-state index in [2.05, 4.69) is 22.5 Å². The normalized spacial score (nSPS) is 18.4. The van der Waals surface area contributed by atoms with Crippen LogP contribution in [0.1, 0.15) is 25.3 Å². The summed E-state index contributed by atoms with van der Waals surface area (Å²) in [5, 5.41) is 6.33. The van der Waals surface area contributed by atoms with E-state index >= 15 is 0 Å². The first kappa shape index (κ1) is 16.0. The fourth-order valence-corrected chi connectivity index (χ4v) is 2.90. The average molecular weight is 289 g/mol.